The minimum atomic E-state index is 0.0911. The number of rotatable bonds is 4. The molecule has 4 rings (SSSR count). The van der Waals surface area contributed by atoms with Gasteiger partial charge >= 0.3 is 0 Å². The van der Waals surface area contributed by atoms with Crippen molar-refractivity contribution in [3.05, 3.63) is 71.0 Å². The summed E-state index contributed by atoms with van der Waals surface area (Å²) in [4.78, 5) is 19.2. The highest BCUT2D eigenvalue weighted by Crippen LogP contribution is 2.23. The van der Waals surface area contributed by atoms with E-state index < -0.39 is 0 Å². The number of carbonyl (C=O) groups excluding carboxylic acids is 1. The van der Waals surface area contributed by atoms with Gasteiger partial charge in [0, 0.05) is 35.9 Å². The SMILES string of the molecule is Cc1ccc(N(C)C(=O)CCc2c(C)nc3c4ccccc4nn3c2C)cc1. The second kappa shape index (κ2) is 7.08. The highest BCUT2D eigenvalue weighted by Gasteiger charge is 2.16. The molecule has 0 atom stereocenters. The lowest BCUT2D eigenvalue weighted by molar-refractivity contribution is -0.118. The largest absolute Gasteiger partial charge is 0.315 e. The summed E-state index contributed by atoms with van der Waals surface area (Å²) in [6.45, 7) is 6.11. The summed E-state index contributed by atoms with van der Waals surface area (Å²) in [5.74, 6) is 0.0911. The van der Waals surface area contributed by atoms with Gasteiger partial charge in [0.2, 0.25) is 5.91 Å². The van der Waals surface area contributed by atoms with Gasteiger partial charge in [-0.2, -0.15) is 5.10 Å². The molecule has 0 bridgehead atoms. The molecule has 0 saturated heterocycles. The van der Waals surface area contributed by atoms with E-state index in [1.165, 1.54) is 5.56 Å². The summed E-state index contributed by atoms with van der Waals surface area (Å²) in [7, 11) is 1.83. The molecule has 142 valence electrons. The number of benzene rings is 2. The van der Waals surface area contributed by atoms with Gasteiger partial charge in [0.25, 0.3) is 0 Å². The molecule has 0 aliphatic rings. The Hall–Kier alpha value is -3.21. The molecule has 0 spiro atoms. The molecule has 2 aromatic carbocycles. The number of fused-ring (bicyclic) bond motifs is 3. The van der Waals surface area contributed by atoms with Crippen LogP contribution in [0.1, 0.15) is 28.9 Å². The van der Waals surface area contributed by atoms with Crippen LogP contribution in [-0.2, 0) is 11.2 Å². The van der Waals surface area contributed by atoms with Gasteiger partial charge in [0.05, 0.1) is 5.52 Å². The van der Waals surface area contributed by atoms with E-state index in [-0.39, 0.29) is 5.91 Å². The normalized spacial score (nSPS) is 11.3. The first-order chi connectivity index (χ1) is 13.5. The summed E-state index contributed by atoms with van der Waals surface area (Å²) < 4.78 is 1.90. The fourth-order valence-corrected chi connectivity index (χ4v) is 3.65. The number of aryl methyl sites for hydroxylation is 3. The van der Waals surface area contributed by atoms with Crippen LogP contribution in [0.3, 0.4) is 0 Å². The number of aromatic nitrogens is 3. The average Bonchev–Trinajstić information content (AvgIpc) is 3.06. The molecule has 2 heterocycles. The molecule has 2 aromatic heterocycles. The molecule has 5 nitrogen and oxygen atoms in total. The van der Waals surface area contributed by atoms with Gasteiger partial charge in [-0.15, -0.1) is 0 Å². The Morgan fingerprint density at radius 1 is 1.04 bits per heavy atom. The third-order valence-electron chi connectivity index (χ3n) is 5.40. The molecule has 0 saturated carbocycles. The Labute approximate surface area is 164 Å². The summed E-state index contributed by atoms with van der Waals surface area (Å²) in [5, 5.41) is 5.74. The van der Waals surface area contributed by atoms with Gasteiger partial charge in [-0.1, -0.05) is 29.8 Å². The Morgan fingerprint density at radius 3 is 2.50 bits per heavy atom. The minimum Gasteiger partial charge on any atom is -0.315 e. The lowest BCUT2D eigenvalue weighted by Gasteiger charge is -2.18. The van der Waals surface area contributed by atoms with Crippen LogP contribution in [0.25, 0.3) is 16.6 Å². The number of hydrogen-bond acceptors (Lipinski definition) is 3. The average molecular weight is 372 g/mol. The van der Waals surface area contributed by atoms with Crippen LogP contribution in [0.4, 0.5) is 5.69 Å². The van der Waals surface area contributed by atoms with E-state index in [2.05, 4.69) is 6.92 Å². The van der Waals surface area contributed by atoms with Crippen molar-refractivity contribution in [2.24, 2.45) is 0 Å². The third-order valence-corrected chi connectivity index (χ3v) is 5.40. The summed E-state index contributed by atoms with van der Waals surface area (Å²) in [6.07, 6.45) is 1.08. The van der Waals surface area contributed by atoms with E-state index in [1.807, 2.05) is 73.9 Å². The van der Waals surface area contributed by atoms with Gasteiger partial charge in [-0.3, -0.25) is 4.79 Å². The highest BCUT2D eigenvalue weighted by molar-refractivity contribution is 5.93. The zero-order valence-electron chi connectivity index (χ0n) is 16.7. The first-order valence-corrected chi connectivity index (χ1v) is 9.52. The number of carbonyl (C=O) groups is 1. The zero-order valence-corrected chi connectivity index (χ0v) is 16.7. The quantitative estimate of drug-likeness (QED) is 0.533. The van der Waals surface area contributed by atoms with Crippen molar-refractivity contribution in [1.29, 1.82) is 0 Å². The standard InChI is InChI=1S/C23H24N4O/c1-15-9-11-18(12-10-15)26(4)22(28)14-13-19-16(2)24-23-20-7-5-6-8-21(20)25-27(23)17(19)3/h5-12H,13-14H2,1-4H3. The van der Waals surface area contributed by atoms with Crippen molar-refractivity contribution < 1.29 is 4.79 Å². The highest BCUT2D eigenvalue weighted by atomic mass is 16.2. The summed E-state index contributed by atoms with van der Waals surface area (Å²) in [6, 6.07) is 16.0. The van der Waals surface area contributed by atoms with Crippen LogP contribution < -0.4 is 4.90 Å². The molecule has 0 fully saturated rings. The number of nitrogens with zero attached hydrogens (tertiary/aromatic N) is 4. The van der Waals surface area contributed by atoms with Crippen molar-refractivity contribution in [1.82, 2.24) is 14.6 Å². The maximum Gasteiger partial charge on any atom is 0.227 e. The van der Waals surface area contributed by atoms with Crippen LogP contribution in [0, 0.1) is 20.8 Å². The molecule has 5 heteroatoms. The molecule has 0 aliphatic carbocycles. The van der Waals surface area contributed by atoms with E-state index in [0.29, 0.717) is 12.8 Å². The summed E-state index contributed by atoms with van der Waals surface area (Å²) in [5.41, 5.74) is 7.00. The zero-order chi connectivity index (χ0) is 19.8. The fraction of sp³-hybridized carbons (Fsp3) is 0.261. The number of hydrogen-bond donors (Lipinski definition) is 0. The number of anilines is 1. The topological polar surface area (TPSA) is 50.5 Å². The monoisotopic (exact) mass is 372 g/mol. The van der Waals surface area contributed by atoms with Gasteiger partial charge < -0.3 is 4.90 Å². The minimum absolute atomic E-state index is 0.0911. The van der Waals surface area contributed by atoms with Crippen molar-refractivity contribution in [3.8, 4) is 0 Å². The number of amides is 1. The fourth-order valence-electron chi connectivity index (χ4n) is 3.65. The van der Waals surface area contributed by atoms with E-state index in [0.717, 1.165) is 39.2 Å². The first kappa shape index (κ1) is 18.2. The van der Waals surface area contributed by atoms with Crippen LogP contribution in [0.15, 0.2) is 48.5 Å². The van der Waals surface area contributed by atoms with E-state index in [4.69, 9.17) is 10.1 Å². The van der Waals surface area contributed by atoms with Crippen molar-refractivity contribution in [2.75, 3.05) is 11.9 Å². The first-order valence-electron chi connectivity index (χ1n) is 9.52. The Morgan fingerprint density at radius 2 is 1.75 bits per heavy atom. The third kappa shape index (κ3) is 3.13. The van der Waals surface area contributed by atoms with Crippen LogP contribution in [-0.4, -0.2) is 27.6 Å². The molecule has 0 aliphatic heterocycles. The maximum absolute atomic E-state index is 12.7. The van der Waals surface area contributed by atoms with Crippen molar-refractivity contribution in [3.63, 3.8) is 0 Å². The Bertz CT molecular complexity index is 1170. The molecule has 28 heavy (non-hydrogen) atoms. The predicted octanol–water partition coefficient (Wildman–Crippen LogP) is 4.40. The van der Waals surface area contributed by atoms with E-state index >= 15 is 0 Å². The smallest absolute Gasteiger partial charge is 0.227 e. The second-order valence-corrected chi connectivity index (χ2v) is 7.30. The van der Waals surface area contributed by atoms with Gasteiger partial charge in [-0.05, 0) is 57.0 Å². The molecule has 4 aromatic rings. The van der Waals surface area contributed by atoms with E-state index in [9.17, 15) is 4.79 Å². The molecule has 0 unspecified atom stereocenters. The second-order valence-electron chi connectivity index (χ2n) is 7.30. The molecular weight excluding hydrogens is 348 g/mol. The maximum atomic E-state index is 12.7. The van der Waals surface area contributed by atoms with Gasteiger partial charge in [-0.25, -0.2) is 9.50 Å². The van der Waals surface area contributed by atoms with Crippen LogP contribution >= 0.6 is 0 Å². The van der Waals surface area contributed by atoms with E-state index in [1.54, 1.807) is 4.90 Å². The lowest BCUT2D eigenvalue weighted by Crippen LogP contribution is -2.26. The lowest BCUT2D eigenvalue weighted by atomic mass is 10.1. The molecule has 1 amide bonds. The molecule has 0 radical (unpaired) electrons. The predicted molar refractivity (Wildman–Crippen MR) is 113 cm³/mol. The van der Waals surface area contributed by atoms with Crippen LogP contribution in [0.2, 0.25) is 0 Å². The Kier molecular flexibility index (Phi) is 4.59. The van der Waals surface area contributed by atoms with Gasteiger partial charge in [0.15, 0.2) is 5.65 Å². The molecule has 0 N–H and O–H groups in total. The Balaban J connectivity index is 1.60. The van der Waals surface area contributed by atoms with Gasteiger partial charge in [0.1, 0.15) is 0 Å². The molecular formula is C23H24N4O. The van der Waals surface area contributed by atoms with Crippen molar-refractivity contribution >= 4 is 28.1 Å². The van der Waals surface area contributed by atoms with Crippen LogP contribution in [0.5, 0.6) is 0 Å². The van der Waals surface area contributed by atoms with Crippen molar-refractivity contribution in [2.45, 2.75) is 33.6 Å². The summed E-state index contributed by atoms with van der Waals surface area (Å²) >= 11 is 0.